The Labute approximate surface area is 162 Å². The minimum Gasteiger partial charge on any atom is -0.453 e. The molecular weight excluding hydrogens is 362 g/mol. The maximum atomic E-state index is 6.03. The molecule has 1 aliphatic heterocycles. The summed E-state index contributed by atoms with van der Waals surface area (Å²) in [4.78, 5) is 6.54. The zero-order chi connectivity index (χ0) is 18.5. The third-order valence-electron chi connectivity index (χ3n) is 4.62. The van der Waals surface area contributed by atoms with Crippen LogP contribution in [0.3, 0.4) is 0 Å². The van der Waals surface area contributed by atoms with Gasteiger partial charge in [-0.3, -0.25) is 9.88 Å². The van der Waals surface area contributed by atoms with Gasteiger partial charge in [0.2, 0.25) is 0 Å². The van der Waals surface area contributed by atoms with Crippen molar-refractivity contribution in [2.24, 2.45) is 7.05 Å². The third-order valence-corrected chi connectivity index (χ3v) is 5.59. The number of pyridine rings is 1. The Bertz CT molecular complexity index is 843. The number of hydrogen-bond acceptors (Lipinski definition) is 7. The van der Waals surface area contributed by atoms with Crippen molar-refractivity contribution in [2.45, 2.75) is 42.3 Å². The first-order valence-corrected chi connectivity index (χ1v) is 9.91. The van der Waals surface area contributed by atoms with Crippen LogP contribution in [0.4, 0.5) is 0 Å². The van der Waals surface area contributed by atoms with Gasteiger partial charge in [-0.15, -0.1) is 10.2 Å². The van der Waals surface area contributed by atoms with E-state index in [4.69, 9.17) is 9.15 Å². The standard InChI is InChI=1S/C19H23N5O2S/c1-23-14-21-22-19(23)27-18-5-4-17(26-18)12-24-9-6-16(7-10-24)25-13-15-3-2-8-20-11-15/h2-5,8,11,14,16H,6-7,9-10,12-13H2,1H3. The predicted octanol–water partition coefficient (Wildman–Crippen LogP) is 3.14. The topological polar surface area (TPSA) is 69.2 Å². The van der Waals surface area contributed by atoms with Crippen molar-refractivity contribution in [2.75, 3.05) is 13.1 Å². The summed E-state index contributed by atoms with van der Waals surface area (Å²) in [7, 11) is 1.92. The van der Waals surface area contributed by atoms with Crippen LogP contribution in [0.5, 0.6) is 0 Å². The second-order valence-electron chi connectivity index (χ2n) is 6.70. The van der Waals surface area contributed by atoms with Crippen LogP contribution >= 0.6 is 11.8 Å². The molecule has 27 heavy (non-hydrogen) atoms. The maximum Gasteiger partial charge on any atom is 0.198 e. The fourth-order valence-corrected chi connectivity index (χ4v) is 3.85. The van der Waals surface area contributed by atoms with Crippen LogP contribution in [0.1, 0.15) is 24.2 Å². The normalized spacial score (nSPS) is 16.0. The van der Waals surface area contributed by atoms with Crippen molar-refractivity contribution in [3.05, 3.63) is 54.3 Å². The number of furan rings is 1. The number of aromatic nitrogens is 4. The average molecular weight is 385 g/mol. The lowest BCUT2D eigenvalue weighted by Gasteiger charge is -2.31. The SMILES string of the molecule is Cn1cnnc1Sc1ccc(CN2CCC(OCc3cccnc3)CC2)o1. The van der Waals surface area contributed by atoms with E-state index in [1.165, 1.54) is 11.8 Å². The second-order valence-corrected chi connectivity index (χ2v) is 7.67. The Kier molecular flexibility index (Phi) is 5.86. The molecule has 0 atom stereocenters. The molecule has 0 N–H and O–H groups in total. The summed E-state index contributed by atoms with van der Waals surface area (Å²) < 4.78 is 13.9. The van der Waals surface area contributed by atoms with E-state index in [0.29, 0.717) is 12.7 Å². The number of hydrogen-bond donors (Lipinski definition) is 0. The van der Waals surface area contributed by atoms with Gasteiger partial charge in [-0.1, -0.05) is 6.07 Å². The molecule has 0 radical (unpaired) electrons. The summed E-state index contributed by atoms with van der Waals surface area (Å²) >= 11 is 1.49. The summed E-state index contributed by atoms with van der Waals surface area (Å²) in [5.41, 5.74) is 1.13. The minimum atomic E-state index is 0.320. The lowest BCUT2D eigenvalue weighted by molar-refractivity contribution is -0.00524. The molecule has 0 aliphatic carbocycles. The molecule has 0 amide bonds. The highest BCUT2D eigenvalue weighted by Gasteiger charge is 2.21. The van der Waals surface area contributed by atoms with Crippen LogP contribution in [0, 0.1) is 0 Å². The van der Waals surface area contributed by atoms with E-state index in [1.807, 2.05) is 36.0 Å². The molecule has 0 bridgehead atoms. The van der Waals surface area contributed by atoms with Crippen LogP contribution in [0.2, 0.25) is 0 Å². The van der Waals surface area contributed by atoms with Gasteiger partial charge in [-0.05, 0) is 48.4 Å². The van der Waals surface area contributed by atoms with Crippen LogP contribution in [0.15, 0.2) is 57.7 Å². The summed E-state index contributed by atoms with van der Waals surface area (Å²) in [5, 5.41) is 9.62. The van der Waals surface area contributed by atoms with Gasteiger partial charge in [0.1, 0.15) is 12.1 Å². The monoisotopic (exact) mass is 385 g/mol. The maximum absolute atomic E-state index is 6.03. The van der Waals surface area contributed by atoms with Gasteiger partial charge >= 0.3 is 0 Å². The Balaban J connectivity index is 1.22. The zero-order valence-electron chi connectivity index (χ0n) is 15.3. The molecule has 1 saturated heterocycles. The van der Waals surface area contributed by atoms with Gasteiger partial charge in [-0.25, -0.2) is 0 Å². The van der Waals surface area contributed by atoms with E-state index < -0.39 is 0 Å². The van der Waals surface area contributed by atoms with Gasteiger partial charge in [0, 0.05) is 32.5 Å². The molecule has 3 aromatic heterocycles. The fraction of sp³-hybridized carbons (Fsp3) is 0.421. The molecule has 0 aromatic carbocycles. The molecule has 8 heteroatoms. The van der Waals surface area contributed by atoms with Crippen molar-refractivity contribution >= 4 is 11.8 Å². The van der Waals surface area contributed by atoms with Crippen LogP contribution < -0.4 is 0 Å². The van der Waals surface area contributed by atoms with Crippen molar-refractivity contribution in [3.8, 4) is 0 Å². The first-order valence-electron chi connectivity index (χ1n) is 9.10. The molecule has 142 valence electrons. The number of piperidine rings is 1. The second kappa shape index (κ2) is 8.69. The quantitative estimate of drug-likeness (QED) is 0.619. The first kappa shape index (κ1) is 18.2. The summed E-state index contributed by atoms with van der Waals surface area (Å²) in [6.45, 7) is 3.50. The molecule has 1 fully saturated rings. The van der Waals surface area contributed by atoms with Gasteiger partial charge in [0.25, 0.3) is 0 Å². The van der Waals surface area contributed by atoms with Crippen LogP contribution in [-0.2, 0) is 24.9 Å². The summed E-state index contributed by atoms with van der Waals surface area (Å²) in [6.07, 6.45) is 7.74. The number of likely N-dealkylation sites (tertiary alicyclic amines) is 1. The predicted molar refractivity (Wildman–Crippen MR) is 101 cm³/mol. The lowest BCUT2D eigenvalue weighted by Crippen LogP contribution is -2.36. The third kappa shape index (κ3) is 4.97. The van der Waals surface area contributed by atoms with Gasteiger partial charge in [0.15, 0.2) is 10.2 Å². The molecule has 3 aromatic rings. The highest BCUT2D eigenvalue weighted by atomic mass is 32.2. The lowest BCUT2D eigenvalue weighted by atomic mass is 10.1. The summed E-state index contributed by atoms with van der Waals surface area (Å²) in [5.74, 6) is 0.981. The van der Waals surface area contributed by atoms with E-state index in [-0.39, 0.29) is 0 Å². The number of rotatable bonds is 7. The Morgan fingerprint density at radius 3 is 2.89 bits per heavy atom. The number of ether oxygens (including phenoxy) is 1. The van der Waals surface area contributed by atoms with Crippen molar-refractivity contribution < 1.29 is 9.15 Å². The Hall–Kier alpha value is -2.16. The number of nitrogens with zero attached hydrogens (tertiary/aromatic N) is 5. The average Bonchev–Trinajstić information content (AvgIpc) is 3.31. The van der Waals surface area contributed by atoms with Gasteiger partial charge < -0.3 is 13.7 Å². The Morgan fingerprint density at radius 2 is 2.15 bits per heavy atom. The molecule has 4 rings (SSSR count). The van der Waals surface area contributed by atoms with Crippen molar-refractivity contribution in [1.82, 2.24) is 24.6 Å². The highest BCUT2D eigenvalue weighted by molar-refractivity contribution is 7.99. The number of aryl methyl sites for hydroxylation is 1. The molecule has 1 aliphatic rings. The van der Waals surface area contributed by atoms with Crippen molar-refractivity contribution in [3.63, 3.8) is 0 Å². The first-order chi connectivity index (χ1) is 13.3. The highest BCUT2D eigenvalue weighted by Crippen LogP contribution is 2.28. The zero-order valence-corrected chi connectivity index (χ0v) is 16.1. The van der Waals surface area contributed by atoms with Crippen LogP contribution in [0.25, 0.3) is 0 Å². The van der Waals surface area contributed by atoms with E-state index >= 15 is 0 Å². The molecule has 0 unspecified atom stereocenters. The Morgan fingerprint density at radius 1 is 1.26 bits per heavy atom. The van der Waals surface area contributed by atoms with E-state index in [0.717, 1.165) is 54.0 Å². The molecule has 7 nitrogen and oxygen atoms in total. The van der Waals surface area contributed by atoms with Gasteiger partial charge in [0.05, 0.1) is 19.3 Å². The van der Waals surface area contributed by atoms with Crippen LogP contribution in [-0.4, -0.2) is 43.8 Å². The minimum absolute atomic E-state index is 0.320. The molecule has 4 heterocycles. The molecular formula is C19H23N5O2S. The fourth-order valence-electron chi connectivity index (χ4n) is 3.11. The summed E-state index contributed by atoms with van der Waals surface area (Å²) in [6, 6.07) is 8.04. The van der Waals surface area contributed by atoms with Crippen molar-refractivity contribution in [1.29, 1.82) is 0 Å². The molecule has 0 spiro atoms. The van der Waals surface area contributed by atoms with Gasteiger partial charge in [-0.2, -0.15) is 0 Å². The molecule has 0 saturated carbocycles. The van der Waals surface area contributed by atoms with E-state index in [1.54, 1.807) is 12.5 Å². The largest absolute Gasteiger partial charge is 0.453 e. The smallest absolute Gasteiger partial charge is 0.198 e. The van der Waals surface area contributed by atoms with E-state index in [2.05, 4.69) is 26.1 Å². The van der Waals surface area contributed by atoms with E-state index in [9.17, 15) is 0 Å².